The first kappa shape index (κ1) is 22.1. The van der Waals surface area contributed by atoms with Crippen LogP contribution in [0.25, 0.3) is 11.1 Å². The largest absolute Gasteiger partial charge is 0.419 e. The zero-order chi connectivity index (χ0) is 22.0. The van der Waals surface area contributed by atoms with Crippen molar-refractivity contribution in [3.05, 3.63) is 28.7 Å². The molecule has 9 heteroatoms. The molecule has 2 aliphatic rings. The summed E-state index contributed by atoms with van der Waals surface area (Å²) in [5.74, 6) is -0.558. The summed E-state index contributed by atoms with van der Waals surface area (Å²) in [7, 11) is -1.73. The molecule has 0 unspecified atom stereocenters. The number of sulfonamides is 1. The van der Waals surface area contributed by atoms with Crippen molar-refractivity contribution in [1.29, 1.82) is 0 Å². The normalized spacial score (nSPS) is 19.0. The van der Waals surface area contributed by atoms with Crippen molar-refractivity contribution in [2.75, 3.05) is 20.1 Å². The summed E-state index contributed by atoms with van der Waals surface area (Å²) in [5.41, 5.74) is 0.741. The van der Waals surface area contributed by atoms with Crippen LogP contribution in [-0.2, 0) is 21.4 Å². The quantitative estimate of drug-likeness (QED) is 0.632. The first-order chi connectivity index (χ1) is 14.9. The highest BCUT2D eigenvalue weighted by atomic mass is 32.2. The van der Waals surface area contributed by atoms with Gasteiger partial charge in [0, 0.05) is 45.2 Å². The summed E-state index contributed by atoms with van der Waals surface area (Å²) >= 11 is 0. The molecule has 31 heavy (non-hydrogen) atoms. The maximum atomic E-state index is 12.8. The SMILES string of the molecule is CN(C(=O)CCn1c(=O)oc2cc(S(=O)(=O)N3CCCC3)ccc21)C1CCCCCC1. The first-order valence-corrected chi connectivity index (χ1v) is 12.7. The van der Waals surface area contributed by atoms with Crippen molar-refractivity contribution in [2.24, 2.45) is 0 Å². The maximum Gasteiger partial charge on any atom is 0.419 e. The van der Waals surface area contributed by atoms with Gasteiger partial charge in [0.1, 0.15) is 0 Å². The van der Waals surface area contributed by atoms with E-state index in [1.807, 2.05) is 11.9 Å². The van der Waals surface area contributed by atoms with Crippen LogP contribution in [0, 0.1) is 0 Å². The van der Waals surface area contributed by atoms with Crippen LogP contribution in [0.2, 0.25) is 0 Å². The number of oxazole rings is 1. The Hall–Kier alpha value is -2.13. The lowest BCUT2D eigenvalue weighted by molar-refractivity contribution is -0.132. The van der Waals surface area contributed by atoms with Gasteiger partial charge in [0.25, 0.3) is 0 Å². The lowest BCUT2D eigenvalue weighted by Crippen LogP contribution is -2.37. The molecule has 2 heterocycles. The van der Waals surface area contributed by atoms with Gasteiger partial charge in [-0.05, 0) is 37.8 Å². The molecule has 1 saturated heterocycles. The molecule has 0 bridgehead atoms. The lowest BCUT2D eigenvalue weighted by atomic mass is 10.1. The predicted molar refractivity (Wildman–Crippen MR) is 117 cm³/mol. The van der Waals surface area contributed by atoms with Gasteiger partial charge in [-0.2, -0.15) is 4.31 Å². The van der Waals surface area contributed by atoms with Crippen LogP contribution in [0.3, 0.4) is 0 Å². The van der Waals surface area contributed by atoms with Crippen molar-refractivity contribution in [2.45, 2.75) is 75.3 Å². The molecule has 0 atom stereocenters. The molecule has 4 rings (SSSR count). The molecule has 1 amide bonds. The summed E-state index contributed by atoms with van der Waals surface area (Å²) in [6, 6.07) is 4.80. The van der Waals surface area contributed by atoms with Gasteiger partial charge in [-0.1, -0.05) is 25.7 Å². The van der Waals surface area contributed by atoms with E-state index in [2.05, 4.69) is 0 Å². The Labute approximate surface area is 182 Å². The minimum Gasteiger partial charge on any atom is -0.408 e. The Morgan fingerprint density at radius 1 is 1.10 bits per heavy atom. The van der Waals surface area contributed by atoms with Crippen molar-refractivity contribution < 1.29 is 17.6 Å². The number of amides is 1. The molecular weight excluding hydrogens is 418 g/mol. The van der Waals surface area contributed by atoms with E-state index in [0.717, 1.165) is 38.5 Å². The summed E-state index contributed by atoms with van der Waals surface area (Å²) in [4.78, 5) is 27.1. The third-order valence-corrected chi connectivity index (χ3v) is 8.55. The van der Waals surface area contributed by atoms with Gasteiger partial charge >= 0.3 is 5.76 Å². The molecule has 1 aliphatic heterocycles. The van der Waals surface area contributed by atoms with E-state index in [1.165, 1.54) is 33.8 Å². The molecule has 8 nitrogen and oxygen atoms in total. The molecule has 1 aliphatic carbocycles. The standard InChI is InChI=1S/C22H31N3O5S/c1-23(17-8-4-2-3-5-9-17)21(26)12-15-25-19-11-10-18(16-20(19)30-22(25)27)31(28,29)24-13-6-7-14-24/h10-11,16-17H,2-9,12-15H2,1H3. The number of fused-ring (bicyclic) bond motifs is 1. The average Bonchev–Trinajstić information content (AvgIpc) is 3.31. The molecule has 2 aromatic rings. The fourth-order valence-corrected chi connectivity index (χ4v) is 6.26. The van der Waals surface area contributed by atoms with Crippen LogP contribution in [0.15, 0.2) is 32.3 Å². The monoisotopic (exact) mass is 449 g/mol. The topological polar surface area (TPSA) is 92.8 Å². The van der Waals surface area contributed by atoms with Crippen LogP contribution >= 0.6 is 0 Å². The number of nitrogens with zero attached hydrogens (tertiary/aromatic N) is 3. The molecular formula is C22H31N3O5S. The Morgan fingerprint density at radius 2 is 1.77 bits per heavy atom. The van der Waals surface area contributed by atoms with Gasteiger partial charge in [0.05, 0.1) is 10.4 Å². The number of rotatable bonds is 6. The minimum absolute atomic E-state index is 0.0152. The van der Waals surface area contributed by atoms with Crippen LogP contribution in [-0.4, -0.2) is 54.3 Å². The minimum atomic E-state index is -3.58. The fourth-order valence-electron chi connectivity index (χ4n) is 4.73. The number of hydrogen-bond acceptors (Lipinski definition) is 5. The molecule has 0 spiro atoms. The van der Waals surface area contributed by atoms with Crippen molar-refractivity contribution in [3.63, 3.8) is 0 Å². The smallest absolute Gasteiger partial charge is 0.408 e. The molecule has 0 N–H and O–H groups in total. The Balaban J connectivity index is 1.49. The molecule has 0 radical (unpaired) electrons. The predicted octanol–water partition coefficient (Wildman–Crippen LogP) is 2.95. The summed E-state index contributed by atoms with van der Waals surface area (Å²) < 4.78 is 33.8. The van der Waals surface area contributed by atoms with Crippen LogP contribution in [0.1, 0.15) is 57.8 Å². The van der Waals surface area contributed by atoms with E-state index in [9.17, 15) is 18.0 Å². The van der Waals surface area contributed by atoms with Gasteiger partial charge < -0.3 is 9.32 Å². The summed E-state index contributed by atoms with van der Waals surface area (Å²) in [6.07, 6.45) is 8.74. The second-order valence-electron chi connectivity index (χ2n) is 8.66. The van der Waals surface area contributed by atoms with Gasteiger partial charge in [0.15, 0.2) is 5.58 Å². The fraction of sp³-hybridized carbons (Fsp3) is 0.636. The van der Waals surface area contributed by atoms with E-state index in [0.29, 0.717) is 18.6 Å². The number of carbonyl (C=O) groups excluding carboxylic acids is 1. The zero-order valence-corrected chi connectivity index (χ0v) is 18.9. The van der Waals surface area contributed by atoms with E-state index in [4.69, 9.17) is 4.42 Å². The Kier molecular flexibility index (Phi) is 6.52. The Morgan fingerprint density at radius 3 is 2.45 bits per heavy atom. The van der Waals surface area contributed by atoms with Crippen LogP contribution < -0.4 is 5.76 Å². The first-order valence-electron chi connectivity index (χ1n) is 11.3. The summed E-state index contributed by atoms with van der Waals surface area (Å²) in [6.45, 7) is 1.24. The van der Waals surface area contributed by atoms with Crippen molar-refractivity contribution >= 4 is 27.0 Å². The van der Waals surface area contributed by atoms with E-state index in [-0.39, 0.29) is 35.4 Å². The third-order valence-electron chi connectivity index (χ3n) is 6.66. The second-order valence-corrected chi connectivity index (χ2v) is 10.6. The van der Waals surface area contributed by atoms with Gasteiger partial charge in [0.2, 0.25) is 15.9 Å². The van der Waals surface area contributed by atoms with E-state index < -0.39 is 15.8 Å². The second kappa shape index (κ2) is 9.16. The van der Waals surface area contributed by atoms with Gasteiger partial charge in [-0.25, -0.2) is 13.2 Å². The van der Waals surface area contributed by atoms with E-state index >= 15 is 0 Å². The van der Waals surface area contributed by atoms with Gasteiger partial charge in [-0.3, -0.25) is 9.36 Å². The number of aryl methyl sites for hydroxylation is 1. The van der Waals surface area contributed by atoms with Gasteiger partial charge in [-0.15, -0.1) is 0 Å². The number of carbonyl (C=O) groups is 1. The number of benzene rings is 1. The molecule has 1 aromatic heterocycles. The van der Waals surface area contributed by atoms with Crippen molar-refractivity contribution in [3.8, 4) is 0 Å². The third kappa shape index (κ3) is 4.57. The number of hydrogen-bond donors (Lipinski definition) is 0. The lowest BCUT2D eigenvalue weighted by Gasteiger charge is -2.27. The Bertz CT molecular complexity index is 1090. The van der Waals surface area contributed by atoms with Crippen LogP contribution in [0.5, 0.6) is 0 Å². The molecule has 2 fully saturated rings. The highest BCUT2D eigenvalue weighted by Crippen LogP contribution is 2.25. The van der Waals surface area contributed by atoms with Crippen molar-refractivity contribution in [1.82, 2.24) is 13.8 Å². The van der Waals surface area contributed by atoms with Crippen LogP contribution in [0.4, 0.5) is 0 Å². The zero-order valence-electron chi connectivity index (χ0n) is 18.1. The maximum absolute atomic E-state index is 12.8. The highest BCUT2D eigenvalue weighted by molar-refractivity contribution is 7.89. The molecule has 170 valence electrons. The average molecular weight is 450 g/mol. The highest BCUT2D eigenvalue weighted by Gasteiger charge is 2.28. The summed E-state index contributed by atoms with van der Waals surface area (Å²) in [5, 5.41) is 0. The molecule has 1 saturated carbocycles. The van der Waals surface area contributed by atoms with E-state index in [1.54, 1.807) is 6.07 Å². The number of aromatic nitrogens is 1. The molecule has 1 aromatic carbocycles.